The van der Waals surface area contributed by atoms with E-state index in [0.717, 1.165) is 16.9 Å². The van der Waals surface area contributed by atoms with Crippen LogP contribution >= 0.6 is 11.3 Å². The number of hydrogen-bond donors (Lipinski definition) is 1. The van der Waals surface area contributed by atoms with Gasteiger partial charge in [0.1, 0.15) is 6.07 Å². The van der Waals surface area contributed by atoms with Gasteiger partial charge < -0.3 is 0 Å². The highest BCUT2D eigenvalue weighted by molar-refractivity contribution is 7.12. The first-order valence-electron chi connectivity index (χ1n) is 7.08. The highest BCUT2D eigenvalue weighted by atomic mass is 32.1. The molecule has 3 aromatic rings. The molecule has 1 heterocycles. The maximum absolute atomic E-state index is 9.33. The summed E-state index contributed by atoms with van der Waals surface area (Å²) >= 11 is 1.41. The number of nitrogens with one attached hydrogen (secondary N) is 1. The van der Waals surface area contributed by atoms with Crippen molar-refractivity contribution in [3.8, 4) is 17.3 Å². The molecule has 23 heavy (non-hydrogen) atoms. The third-order valence-corrected chi connectivity index (χ3v) is 4.08. The summed E-state index contributed by atoms with van der Waals surface area (Å²) in [7, 11) is 0. The molecule has 3 rings (SSSR count). The van der Waals surface area contributed by atoms with Gasteiger partial charge in [-0.1, -0.05) is 48.0 Å². The number of nitrogens with zero attached hydrogens (tertiary/aromatic N) is 3. The molecule has 0 spiro atoms. The molecule has 0 saturated carbocycles. The van der Waals surface area contributed by atoms with E-state index >= 15 is 0 Å². The maximum Gasteiger partial charge on any atom is 0.196 e. The first-order valence-corrected chi connectivity index (χ1v) is 7.96. The SMILES string of the molecule is Cc1ccc(NN=C(C#N)c2nc(-c3ccccc3)cs2)cc1. The Labute approximate surface area is 138 Å². The minimum atomic E-state index is 0.276. The van der Waals surface area contributed by atoms with Gasteiger partial charge in [0.05, 0.1) is 11.4 Å². The largest absolute Gasteiger partial charge is 0.277 e. The van der Waals surface area contributed by atoms with Crippen molar-refractivity contribution in [2.45, 2.75) is 6.92 Å². The van der Waals surface area contributed by atoms with Crippen LogP contribution in [0.1, 0.15) is 10.6 Å². The predicted molar refractivity (Wildman–Crippen MR) is 94.5 cm³/mol. The molecule has 0 saturated heterocycles. The molecule has 0 radical (unpaired) electrons. The minimum absolute atomic E-state index is 0.276. The molecule has 0 aliphatic carbocycles. The second-order valence-corrected chi connectivity index (χ2v) is 5.81. The fourth-order valence-electron chi connectivity index (χ4n) is 1.99. The van der Waals surface area contributed by atoms with E-state index < -0.39 is 0 Å². The Morgan fingerprint density at radius 1 is 1.13 bits per heavy atom. The summed E-state index contributed by atoms with van der Waals surface area (Å²) in [5.74, 6) is 0. The van der Waals surface area contributed by atoms with Crippen molar-refractivity contribution in [1.29, 1.82) is 5.26 Å². The quantitative estimate of drug-likeness (QED) is 0.571. The Bertz CT molecular complexity index is 858. The molecule has 0 atom stereocenters. The van der Waals surface area contributed by atoms with Gasteiger partial charge in [0, 0.05) is 10.9 Å². The van der Waals surface area contributed by atoms with Crippen molar-refractivity contribution in [3.05, 3.63) is 70.5 Å². The minimum Gasteiger partial charge on any atom is -0.277 e. The predicted octanol–water partition coefficient (Wildman–Crippen LogP) is 4.46. The zero-order chi connectivity index (χ0) is 16.1. The molecule has 2 aromatic carbocycles. The van der Waals surface area contributed by atoms with Crippen LogP contribution in [0.5, 0.6) is 0 Å². The number of benzene rings is 2. The van der Waals surface area contributed by atoms with Crippen molar-refractivity contribution < 1.29 is 0 Å². The monoisotopic (exact) mass is 318 g/mol. The van der Waals surface area contributed by atoms with E-state index in [1.165, 1.54) is 16.9 Å². The normalized spacial score (nSPS) is 11.0. The number of rotatable bonds is 4. The van der Waals surface area contributed by atoms with Gasteiger partial charge in [-0.05, 0) is 19.1 Å². The third-order valence-electron chi connectivity index (χ3n) is 3.23. The van der Waals surface area contributed by atoms with E-state index in [1.54, 1.807) is 0 Å². The lowest BCUT2D eigenvalue weighted by Gasteiger charge is -2.01. The Morgan fingerprint density at radius 3 is 2.57 bits per heavy atom. The Balaban J connectivity index is 1.81. The molecule has 5 heteroatoms. The second kappa shape index (κ2) is 6.86. The Hall–Kier alpha value is -2.97. The molecule has 0 aliphatic rings. The Morgan fingerprint density at radius 2 is 1.87 bits per heavy atom. The molecule has 0 fully saturated rings. The summed E-state index contributed by atoms with van der Waals surface area (Å²) in [6.07, 6.45) is 0. The number of hydrazone groups is 1. The van der Waals surface area contributed by atoms with Crippen LogP contribution in [0.15, 0.2) is 65.1 Å². The average molecular weight is 318 g/mol. The highest BCUT2D eigenvalue weighted by Crippen LogP contribution is 2.22. The van der Waals surface area contributed by atoms with Crippen LogP contribution < -0.4 is 5.43 Å². The van der Waals surface area contributed by atoms with Gasteiger partial charge in [0.15, 0.2) is 10.7 Å². The zero-order valence-electron chi connectivity index (χ0n) is 12.5. The molecule has 0 unspecified atom stereocenters. The fourth-order valence-corrected chi connectivity index (χ4v) is 2.76. The van der Waals surface area contributed by atoms with E-state index in [4.69, 9.17) is 0 Å². The molecule has 4 nitrogen and oxygen atoms in total. The van der Waals surface area contributed by atoms with Gasteiger partial charge in [-0.15, -0.1) is 11.3 Å². The molecule has 0 bridgehead atoms. The standard InChI is InChI=1S/C18H14N4S/c1-13-7-9-15(10-8-13)21-22-16(11-19)18-20-17(12-23-18)14-5-3-2-4-6-14/h2-10,12,21H,1H3. The van der Waals surface area contributed by atoms with E-state index in [0.29, 0.717) is 5.01 Å². The van der Waals surface area contributed by atoms with Gasteiger partial charge in [-0.2, -0.15) is 10.4 Å². The van der Waals surface area contributed by atoms with E-state index in [9.17, 15) is 5.26 Å². The van der Waals surface area contributed by atoms with Crippen LogP contribution in [0.4, 0.5) is 5.69 Å². The van der Waals surface area contributed by atoms with Crippen molar-refractivity contribution in [2.24, 2.45) is 5.10 Å². The van der Waals surface area contributed by atoms with Gasteiger partial charge in [0.25, 0.3) is 0 Å². The molecule has 1 aromatic heterocycles. The fraction of sp³-hybridized carbons (Fsp3) is 0.0556. The van der Waals surface area contributed by atoms with E-state index in [2.05, 4.69) is 21.6 Å². The zero-order valence-corrected chi connectivity index (χ0v) is 13.3. The number of aromatic nitrogens is 1. The topological polar surface area (TPSA) is 61.1 Å². The molecule has 1 N–H and O–H groups in total. The van der Waals surface area contributed by atoms with Crippen molar-refractivity contribution in [1.82, 2.24) is 4.98 Å². The summed E-state index contributed by atoms with van der Waals surface area (Å²) in [4.78, 5) is 4.50. The average Bonchev–Trinajstić information content (AvgIpc) is 3.08. The summed E-state index contributed by atoms with van der Waals surface area (Å²) in [5.41, 5.74) is 7.07. The molecule has 0 aliphatic heterocycles. The van der Waals surface area contributed by atoms with Crippen molar-refractivity contribution >= 4 is 22.7 Å². The van der Waals surface area contributed by atoms with Crippen LogP contribution in [0.3, 0.4) is 0 Å². The summed E-state index contributed by atoms with van der Waals surface area (Å²) in [5, 5.41) is 16.0. The summed E-state index contributed by atoms with van der Waals surface area (Å²) < 4.78 is 0. The van der Waals surface area contributed by atoms with Crippen LogP contribution in [-0.2, 0) is 0 Å². The first-order chi connectivity index (χ1) is 11.3. The molecule has 0 amide bonds. The number of thiazole rings is 1. The van der Waals surface area contributed by atoms with Crippen LogP contribution in [-0.4, -0.2) is 10.7 Å². The number of anilines is 1. The third kappa shape index (κ3) is 3.62. The summed E-state index contributed by atoms with van der Waals surface area (Å²) in [6, 6.07) is 19.8. The van der Waals surface area contributed by atoms with E-state index in [1.807, 2.05) is 66.9 Å². The maximum atomic E-state index is 9.33. The Kier molecular flexibility index (Phi) is 4.46. The molecular weight excluding hydrogens is 304 g/mol. The summed E-state index contributed by atoms with van der Waals surface area (Å²) in [6.45, 7) is 2.02. The van der Waals surface area contributed by atoms with Crippen molar-refractivity contribution in [2.75, 3.05) is 5.43 Å². The number of hydrogen-bond acceptors (Lipinski definition) is 5. The van der Waals surface area contributed by atoms with Crippen LogP contribution in [0.25, 0.3) is 11.3 Å². The highest BCUT2D eigenvalue weighted by Gasteiger charge is 2.10. The van der Waals surface area contributed by atoms with Crippen LogP contribution in [0, 0.1) is 18.3 Å². The van der Waals surface area contributed by atoms with Gasteiger partial charge >= 0.3 is 0 Å². The van der Waals surface area contributed by atoms with Gasteiger partial charge in [0.2, 0.25) is 0 Å². The lowest BCUT2D eigenvalue weighted by Crippen LogP contribution is -2.01. The van der Waals surface area contributed by atoms with Gasteiger partial charge in [-0.25, -0.2) is 4.98 Å². The second-order valence-electron chi connectivity index (χ2n) is 4.95. The molecular formula is C18H14N4S. The number of nitriles is 1. The van der Waals surface area contributed by atoms with Crippen LogP contribution in [0.2, 0.25) is 0 Å². The van der Waals surface area contributed by atoms with Crippen molar-refractivity contribution in [3.63, 3.8) is 0 Å². The lowest BCUT2D eigenvalue weighted by molar-refractivity contribution is 1.30. The smallest absolute Gasteiger partial charge is 0.196 e. The van der Waals surface area contributed by atoms with Gasteiger partial charge in [-0.3, -0.25) is 5.43 Å². The lowest BCUT2D eigenvalue weighted by atomic mass is 10.2. The first kappa shape index (κ1) is 14.9. The number of aryl methyl sites for hydroxylation is 1. The van der Waals surface area contributed by atoms with E-state index in [-0.39, 0.29) is 5.71 Å². The molecule has 112 valence electrons.